The van der Waals surface area contributed by atoms with E-state index < -0.39 is 6.10 Å². The molecule has 0 amide bonds. The molecule has 0 spiro atoms. The van der Waals surface area contributed by atoms with Crippen molar-refractivity contribution in [1.29, 1.82) is 0 Å². The fraction of sp³-hybridized carbons (Fsp3) is 1.00. The highest BCUT2D eigenvalue weighted by molar-refractivity contribution is 4.32. The van der Waals surface area contributed by atoms with Crippen LogP contribution in [0.25, 0.3) is 0 Å². The molecule has 0 radical (unpaired) electrons. The third-order valence-corrected chi connectivity index (χ3v) is 1.09. The maximum atomic E-state index is 5.15. The summed E-state index contributed by atoms with van der Waals surface area (Å²) in [5, 5.41) is 0. The van der Waals surface area contributed by atoms with Crippen LogP contribution < -0.4 is 5.73 Å². The number of rotatable bonds is 6. The fourth-order valence-corrected chi connectivity index (χ4v) is 0.785. The molecule has 0 aliphatic heterocycles. The molecule has 0 aliphatic carbocycles. The molecule has 0 atom stereocenters. The Morgan fingerprint density at radius 3 is 1.33 bits per heavy atom. The van der Waals surface area contributed by atoms with Gasteiger partial charge in [-0.2, -0.15) is 0 Å². The van der Waals surface area contributed by atoms with Crippen molar-refractivity contribution in [3.8, 4) is 0 Å². The summed E-state index contributed by atoms with van der Waals surface area (Å²) in [6.07, 6.45) is -1.10. The second-order valence-corrected chi connectivity index (χ2v) is 1.98. The maximum Gasteiger partial charge on any atom is 0.444 e. The molecule has 5 nitrogen and oxygen atoms in total. The number of hydrogen-bond acceptors (Lipinski definition) is 4. The zero-order valence-electron chi connectivity index (χ0n) is 8.00. The molecule has 0 aromatic carbocycles. The Kier molecular flexibility index (Phi) is 8.90. The number of quaternary nitrogens is 1. The van der Waals surface area contributed by atoms with E-state index in [1.807, 2.05) is 20.8 Å². The normalized spacial score (nSPS) is 11.0. The summed E-state index contributed by atoms with van der Waals surface area (Å²) >= 11 is 0. The van der Waals surface area contributed by atoms with E-state index in [0.717, 1.165) is 0 Å². The lowest BCUT2D eigenvalue weighted by atomic mass is 10.7. The molecule has 0 saturated heterocycles. The van der Waals surface area contributed by atoms with Gasteiger partial charge in [-0.3, -0.25) is 19.9 Å². The molecule has 0 aliphatic rings. The van der Waals surface area contributed by atoms with Gasteiger partial charge in [0.25, 0.3) is 0 Å². The number of ether oxygens (including phenoxy) is 3. The van der Waals surface area contributed by atoms with Crippen molar-refractivity contribution in [2.45, 2.75) is 26.9 Å². The summed E-state index contributed by atoms with van der Waals surface area (Å²) in [7, 11) is 0. The Labute approximate surface area is 73.1 Å². The van der Waals surface area contributed by atoms with Gasteiger partial charge in [0.2, 0.25) is 0 Å². The molecule has 4 N–H and O–H groups in total. The van der Waals surface area contributed by atoms with Crippen LogP contribution in [0.3, 0.4) is 0 Å². The molecule has 0 unspecified atom stereocenters. The first kappa shape index (κ1) is 14.3. The van der Waals surface area contributed by atoms with Crippen molar-refractivity contribution in [3.05, 3.63) is 0 Å². The van der Waals surface area contributed by atoms with Crippen LogP contribution >= 0.6 is 0 Å². The largest absolute Gasteiger partial charge is 0.870 e. The molecule has 5 heteroatoms. The molecule has 0 saturated carbocycles. The third-order valence-electron chi connectivity index (χ3n) is 1.09. The molecule has 0 bridgehead atoms. The molecule has 12 heavy (non-hydrogen) atoms. The minimum absolute atomic E-state index is 0. The molecular weight excluding hydrogens is 162 g/mol. The Morgan fingerprint density at radius 1 is 0.917 bits per heavy atom. The highest BCUT2D eigenvalue weighted by Gasteiger charge is 2.31. The lowest BCUT2D eigenvalue weighted by Crippen LogP contribution is -2.76. The quantitative estimate of drug-likeness (QED) is 0.574. The highest BCUT2D eigenvalue weighted by Crippen LogP contribution is 2.04. The average Bonchev–Trinajstić information content (AvgIpc) is 1.88. The van der Waals surface area contributed by atoms with E-state index >= 15 is 0 Å². The van der Waals surface area contributed by atoms with Crippen LogP contribution in [-0.2, 0) is 14.2 Å². The van der Waals surface area contributed by atoms with Crippen LogP contribution in [-0.4, -0.2) is 31.4 Å². The zero-order valence-corrected chi connectivity index (χ0v) is 8.00. The van der Waals surface area contributed by atoms with Gasteiger partial charge >= 0.3 is 6.10 Å². The summed E-state index contributed by atoms with van der Waals surface area (Å²) in [6.45, 7) is 7.21. The van der Waals surface area contributed by atoms with Crippen LogP contribution in [0.1, 0.15) is 20.8 Å². The van der Waals surface area contributed by atoms with E-state index in [2.05, 4.69) is 5.73 Å². The Balaban J connectivity index is 0. The fourth-order valence-electron chi connectivity index (χ4n) is 0.785. The second-order valence-electron chi connectivity index (χ2n) is 1.98. The van der Waals surface area contributed by atoms with E-state index in [0.29, 0.717) is 19.8 Å². The van der Waals surface area contributed by atoms with Crippen molar-refractivity contribution in [1.82, 2.24) is 0 Å². The molecule has 0 heterocycles. The molecule has 76 valence electrons. The van der Waals surface area contributed by atoms with E-state index in [4.69, 9.17) is 14.2 Å². The Bertz CT molecular complexity index is 82.4. The first-order valence-electron chi connectivity index (χ1n) is 3.95. The Hall–Kier alpha value is -0.200. The molecule has 0 fully saturated rings. The zero-order chi connectivity index (χ0) is 8.74. The summed E-state index contributed by atoms with van der Waals surface area (Å²) in [5.41, 5.74) is 3.67. The Morgan fingerprint density at radius 2 is 1.17 bits per heavy atom. The average molecular weight is 181 g/mol. The van der Waals surface area contributed by atoms with Crippen LogP contribution in [0.2, 0.25) is 0 Å². The minimum atomic E-state index is -1.10. The van der Waals surface area contributed by atoms with Gasteiger partial charge in [-0.15, -0.1) is 0 Å². The van der Waals surface area contributed by atoms with E-state index in [9.17, 15) is 0 Å². The van der Waals surface area contributed by atoms with Gasteiger partial charge in [0.05, 0.1) is 19.8 Å². The number of hydrogen-bond donors (Lipinski definition) is 1. The lowest BCUT2D eigenvalue weighted by Gasteiger charge is -2.22. The van der Waals surface area contributed by atoms with Crippen molar-refractivity contribution in [3.63, 3.8) is 0 Å². The SMILES string of the molecule is CCOC([NH3+])(OCC)OCC.[OH-]. The third kappa shape index (κ3) is 5.45. The summed E-state index contributed by atoms with van der Waals surface area (Å²) in [5.74, 6) is 0. The molecule has 0 aromatic rings. The van der Waals surface area contributed by atoms with Gasteiger partial charge in [0.1, 0.15) is 0 Å². The van der Waals surface area contributed by atoms with E-state index in [-0.39, 0.29) is 5.48 Å². The molecular formula is C7H19NO4. The summed E-state index contributed by atoms with van der Waals surface area (Å²) < 4.78 is 15.5. The van der Waals surface area contributed by atoms with Gasteiger partial charge in [-0.05, 0) is 20.8 Å². The topological polar surface area (TPSA) is 85.3 Å². The predicted molar refractivity (Wildman–Crippen MR) is 42.4 cm³/mol. The lowest BCUT2D eigenvalue weighted by molar-refractivity contribution is -0.708. The monoisotopic (exact) mass is 181 g/mol. The van der Waals surface area contributed by atoms with Crippen LogP contribution in [0.4, 0.5) is 0 Å². The van der Waals surface area contributed by atoms with Gasteiger partial charge in [0, 0.05) is 0 Å². The van der Waals surface area contributed by atoms with Crippen molar-refractivity contribution in [2.75, 3.05) is 19.8 Å². The van der Waals surface area contributed by atoms with Crippen molar-refractivity contribution in [2.24, 2.45) is 0 Å². The van der Waals surface area contributed by atoms with Crippen molar-refractivity contribution >= 4 is 0 Å². The van der Waals surface area contributed by atoms with Gasteiger partial charge in [0.15, 0.2) is 0 Å². The minimum Gasteiger partial charge on any atom is -0.870 e. The predicted octanol–water partition coefficient (Wildman–Crippen LogP) is -0.228. The smallest absolute Gasteiger partial charge is 0.444 e. The standard InChI is InChI=1S/C7H17NO3.H2O/c1-4-9-7(8,10-5-2)11-6-3;/h4-6,8H2,1-3H3;1H2. The van der Waals surface area contributed by atoms with Crippen molar-refractivity contribution < 1.29 is 25.4 Å². The molecule has 0 rings (SSSR count). The van der Waals surface area contributed by atoms with Crippen LogP contribution in [0.15, 0.2) is 0 Å². The second kappa shape index (κ2) is 7.45. The van der Waals surface area contributed by atoms with E-state index in [1.165, 1.54) is 0 Å². The first-order chi connectivity index (χ1) is 5.18. The van der Waals surface area contributed by atoms with Crippen LogP contribution in [0.5, 0.6) is 0 Å². The maximum absolute atomic E-state index is 5.15. The summed E-state index contributed by atoms with van der Waals surface area (Å²) in [4.78, 5) is 0. The van der Waals surface area contributed by atoms with E-state index in [1.54, 1.807) is 0 Å². The molecule has 0 aromatic heterocycles. The first-order valence-corrected chi connectivity index (χ1v) is 3.95. The van der Waals surface area contributed by atoms with Gasteiger partial charge in [-0.25, -0.2) is 0 Å². The summed E-state index contributed by atoms with van der Waals surface area (Å²) in [6, 6.07) is 0. The van der Waals surface area contributed by atoms with Crippen LogP contribution in [0, 0.1) is 0 Å². The highest BCUT2D eigenvalue weighted by atomic mass is 16.9. The van der Waals surface area contributed by atoms with Gasteiger partial charge < -0.3 is 5.48 Å². The van der Waals surface area contributed by atoms with Gasteiger partial charge in [-0.1, -0.05) is 0 Å².